The van der Waals surface area contributed by atoms with E-state index >= 15 is 0 Å². The molecule has 0 saturated heterocycles. The maximum atomic E-state index is 8.11. The van der Waals surface area contributed by atoms with E-state index in [1.807, 2.05) is 13.0 Å². The molecule has 0 atom stereocenters. The smallest absolute Gasteiger partial charge is 0.148 e. The number of aryl methyl sites for hydroxylation is 1. The molecule has 1 N–H and O–H groups in total. The quantitative estimate of drug-likeness (QED) is 0.384. The Bertz CT molecular complexity index is 227. The van der Waals surface area contributed by atoms with Gasteiger partial charge in [-0.2, -0.15) is 0 Å². The van der Waals surface area contributed by atoms with Crippen LogP contribution in [0.1, 0.15) is 18.4 Å². The first-order chi connectivity index (χ1) is 4.86. The predicted molar refractivity (Wildman–Crippen MR) is 37.5 cm³/mol. The van der Waals surface area contributed by atoms with Gasteiger partial charge in [-0.15, -0.1) is 0 Å². The molecule has 0 radical (unpaired) electrons. The Morgan fingerprint density at radius 3 is 3.00 bits per heavy atom. The number of nitrogens with zero attached hydrogens (tertiary/aromatic N) is 1. The van der Waals surface area contributed by atoms with Crippen molar-refractivity contribution < 1.29 is 9.62 Å². The van der Waals surface area contributed by atoms with Crippen molar-refractivity contribution in [1.82, 2.24) is 0 Å². The van der Waals surface area contributed by atoms with Crippen LogP contribution in [0.25, 0.3) is 0 Å². The lowest BCUT2D eigenvalue weighted by molar-refractivity contribution is 0.320. The fourth-order valence-corrected chi connectivity index (χ4v) is 0.711. The third-order valence-corrected chi connectivity index (χ3v) is 1.22. The van der Waals surface area contributed by atoms with Crippen LogP contribution in [0.4, 0.5) is 0 Å². The summed E-state index contributed by atoms with van der Waals surface area (Å²) in [7, 11) is 0. The van der Waals surface area contributed by atoms with Gasteiger partial charge >= 0.3 is 0 Å². The highest BCUT2D eigenvalue weighted by molar-refractivity contribution is 5.75. The maximum Gasteiger partial charge on any atom is 0.148 e. The second-order valence-corrected chi connectivity index (χ2v) is 1.90. The fraction of sp³-hybridized carbons (Fsp3) is 0.286. The SMILES string of the molecule is CCc1ccc(/C=N/O)o1. The molecule has 0 aromatic carbocycles. The van der Waals surface area contributed by atoms with Crippen LogP contribution >= 0.6 is 0 Å². The Morgan fingerprint density at radius 2 is 2.50 bits per heavy atom. The van der Waals surface area contributed by atoms with Crippen molar-refractivity contribution in [2.24, 2.45) is 5.16 Å². The summed E-state index contributed by atoms with van der Waals surface area (Å²) >= 11 is 0. The highest BCUT2D eigenvalue weighted by Crippen LogP contribution is 2.05. The van der Waals surface area contributed by atoms with Crippen molar-refractivity contribution in [2.45, 2.75) is 13.3 Å². The van der Waals surface area contributed by atoms with Crippen molar-refractivity contribution in [1.29, 1.82) is 0 Å². The van der Waals surface area contributed by atoms with E-state index in [1.54, 1.807) is 6.07 Å². The van der Waals surface area contributed by atoms with E-state index in [1.165, 1.54) is 6.21 Å². The summed E-state index contributed by atoms with van der Waals surface area (Å²) in [6.07, 6.45) is 2.12. The van der Waals surface area contributed by atoms with Crippen LogP contribution in [-0.4, -0.2) is 11.4 Å². The van der Waals surface area contributed by atoms with Crippen LogP contribution in [0.3, 0.4) is 0 Å². The van der Waals surface area contributed by atoms with Crippen molar-refractivity contribution in [3.05, 3.63) is 23.7 Å². The van der Waals surface area contributed by atoms with Gasteiger partial charge in [-0.3, -0.25) is 0 Å². The Morgan fingerprint density at radius 1 is 1.70 bits per heavy atom. The summed E-state index contributed by atoms with van der Waals surface area (Å²) in [6.45, 7) is 2.00. The van der Waals surface area contributed by atoms with E-state index in [0.29, 0.717) is 5.76 Å². The largest absolute Gasteiger partial charge is 0.460 e. The standard InChI is InChI=1S/C7H9NO2/c1-2-6-3-4-7(10-6)5-8-9/h3-5,9H,2H2,1H3/b8-5+. The summed E-state index contributed by atoms with van der Waals surface area (Å²) < 4.78 is 5.16. The molecule has 0 fully saturated rings. The zero-order valence-corrected chi connectivity index (χ0v) is 5.74. The van der Waals surface area contributed by atoms with Gasteiger partial charge in [0, 0.05) is 6.42 Å². The monoisotopic (exact) mass is 139 g/mol. The van der Waals surface area contributed by atoms with Crippen LogP contribution in [-0.2, 0) is 6.42 Å². The van der Waals surface area contributed by atoms with Crippen LogP contribution in [0.2, 0.25) is 0 Å². The third kappa shape index (κ3) is 1.37. The van der Waals surface area contributed by atoms with Crippen molar-refractivity contribution in [3.63, 3.8) is 0 Å². The first-order valence-electron chi connectivity index (χ1n) is 3.13. The molecule has 0 spiro atoms. The molecule has 0 aliphatic rings. The second kappa shape index (κ2) is 3.06. The van der Waals surface area contributed by atoms with Crippen molar-refractivity contribution >= 4 is 6.21 Å². The van der Waals surface area contributed by atoms with Crippen LogP contribution in [0, 0.1) is 0 Å². The molecule has 0 unspecified atom stereocenters. The minimum absolute atomic E-state index is 0.583. The van der Waals surface area contributed by atoms with Gasteiger partial charge in [0.2, 0.25) is 0 Å². The lowest BCUT2D eigenvalue weighted by Crippen LogP contribution is -1.73. The molecule has 1 rings (SSSR count). The molecular weight excluding hydrogens is 130 g/mol. The van der Waals surface area contributed by atoms with Gasteiger partial charge < -0.3 is 9.62 Å². The van der Waals surface area contributed by atoms with Gasteiger partial charge in [0.25, 0.3) is 0 Å². The second-order valence-electron chi connectivity index (χ2n) is 1.90. The van der Waals surface area contributed by atoms with E-state index in [-0.39, 0.29) is 0 Å². The van der Waals surface area contributed by atoms with Crippen molar-refractivity contribution in [2.75, 3.05) is 0 Å². The highest BCUT2D eigenvalue weighted by Gasteiger charge is 1.95. The molecule has 1 aromatic heterocycles. The topological polar surface area (TPSA) is 45.7 Å². The van der Waals surface area contributed by atoms with E-state index in [2.05, 4.69) is 5.16 Å². The zero-order valence-electron chi connectivity index (χ0n) is 5.74. The molecule has 10 heavy (non-hydrogen) atoms. The summed E-state index contributed by atoms with van der Waals surface area (Å²) in [4.78, 5) is 0. The Labute approximate surface area is 59.0 Å². The Hall–Kier alpha value is -1.25. The average molecular weight is 139 g/mol. The first kappa shape index (κ1) is 6.86. The van der Waals surface area contributed by atoms with Crippen molar-refractivity contribution in [3.8, 4) is 0 Å². The highest BCUT2D eigenvalue weighted by atomic mass is 16.4. The van der Waals surface area contributed by atoms with E-state index in [4.69, 9.17) is 9.62 Å². The molecule has 0 bridgehead atoms. The van der Waals surface area contributed by atoms with E-state index < -0.39 is 0 Å². The first-order valence-corrected chi connectivity index (χ1v) is 3.13. The fourth-order valence-electron chi connectivity index (χ4n) is 0.711. The molecule has 1 heterocycles. The Kier molecular flexibility index (Phi) is 2.10. The number of hydrogen-bond acceptors (Lipinski definition) is 3. The van der Waals surface area contributed by atoms with Crippen LogP contribution < -0.4 is 0 Å². The predicted octanol–water partition coefficient (Wildman–Crippen LogP) is 1.65. The summed E-state index contributed by atoms with van der Waals surface area (Å²) in [5, 5.41) is 10.9. The lowest BCUT2D eigenvalue weighted by Gasteiger charge is -1.84. The Balaban J connectivity index is 2.78. The van der Waals surface area contributed by atoms with Crippen LogP contribution in [0.15, 0.2) is 21.7 Å². The van der Waals surface area contributed by atoms with Gasteiger partial charge in [-0.05, 0) is 12.1 Å². The maximum absolute atomic E-state index is 8.11. The normalized spacial score (nSPS) is 10.9. The van der Waals surface area contributed by atoms with Gasteiger partial charge in [0.1, 0.15) is 17.7 Å². The number of furan rings is 1. The molecule has 0 aliphatic heterocycles. The van der Waals surface area contributed by atoms with Gasteiger partial charge in [-0.25, -0.2) is 0 Å². The molecule has 1 aromatic rings. The van der Waals surface area contributed by atoms with E-state index in [9.17, 15) is 0 Å². The summed E-state index contributed by atoms with van der Waals surface area (Å²) in [5.74, 6) is 1.48. The van der Waals surface area contributed by atoms with Gasteiger partial charge in [0.05, 0.1) is 0 Å². The molecule has 3 nitrogen and oxygen atoms in total. The van der Waals surface area contributed by atoms with Gasteiger partial charge in [-0.1, -0.05) is 12.1 Å². The molecule has 0 saturated carbocycles. The van der Waals surface area contributed by atoms with Crippen LogP contribution in [0.5, 0.6) is 0 Å². The molecule has 0 amide bonds. The lowest BCUT2D eigenvalue weighted by atomic mass is 10.4. The molecule has 0 aliphatic carbocycles. The number of rotatable bonds is 2. The molecule has 3 heteroatoms. The summed E-state index contributed by atoms with van der Waals surface area (Å²) in [6, 6.07) is 3.62. The molecular formula is C7H9NO2. The minimum atomic E-state index is 0.583. The molecule has 54 valence electrons. The van der Waals surface area contributed by atoms with Gasteiger partial charge in [0.15, 0.2) is 0 Å². The summed E-state index contributed by atoms with van der Waals surface area (Å²) in [5.41, 5.74) is 0. The number of hydrogen-bond donors (Lipinski definition) is 1. The third-order valence-electron chi connectivity index (χ3n) is 1.22. The number of oxime groups is 1. The minimum Gasteiger partial charge on any atom is -0.460 e. The average Bonchev–Trinajstić information content (AvgIpc) is 2.37. The zero-order chi connectivity index (χ0) is 7.40. The van der Waals surface area contributed by atoms with E-state index in [0.717, 1.165) is 12.2 Å².